The number of halogens is 2. The Morgan fingerprint density at radius 2 is 2.24 bits per heavy atom. The van der Waals surface area contributed by atoms with E-state index in [1.54, 1.807) is 0 Å². The summed E-state index contributed by atoms with van der Waals surface area (Å²) in [5, 5.41) is 3.44. The number of rotatable bonds is 5. The Balaban J connectivity index is 2.83. The minimum Gasteiger partial charge on any atom is -0.309 e. The summed E-state index contributed by atoms with van der Waals surface area (Å²) < 4.78 is 2.01. The number of nitrogens with zero attached hydrogens (tertiary/aromatic N) is 1. The third-order valence-electron chi connectivity index (χ3n) is 2.35. The lowest BCUT2D eigenvalue weighted by atomic mass is 10.1. The second kappa shape index (κ2) is 7.86. The first-order valence-electron chi connectivity index (χ1n) is 5.63. The van der Waals surface area contributed by atoms with Crippen molar-refractivity contribution in [1.29, 1.82) is 0 Å². The molecular weight excluding hydrogens is 344 g/mol. The molecule has 1 rings (SSSR count). The zero-order valence-electron chi connectivity index (χ0n) is 10.1. The molecule has 0 saturated carbocycles. The van der Waals surface area contributed by atoms with Crippen molar-refractivity contribution in [3.8, 4) is 11.8 Å². The first kappa shape index (κ1) is 14.7. The Morgan fingerprint density at radius 1 is 1.47 bits per heavy atom. The summed E-state index contributed by atoms with van der Waals surface area (Å²) in [5.41, 5.74) is 1.05. The van der Waals surface area contributed by atoms with Crippen molar-refractivity contribution in [3.05, 3.63) is 26.9 Å². The molecule has 0 radical (unpaired) electrons. The van der Waals surface area contributed by atoms with Crippen LogP contribution in [0.25, 0.3) is 0 Å². The van der Waals surface area contributed by atoms with Crippen molar-refractivity contribution >= 4 is 31.9 Å². The van der Waals surface area contributed by atoms with Gasteiger partial charge in [-0.25, -0.2) is 0 Å². The third-order valence-corrected chi connectivity index (χ3v) is 3.42. The molecule has 0 aromatic carbocycles. The van der Waals surface area contributed by atoms with Crippen LogP contribution in [0.3, 0.4) is 0 Å². The fraction of sp³-hybridized carbons (Fsp3) is 0.462. The van der Waals surface area contributed by atoms with Crippen LogP contribution in [0.2, 0.25) is 0 Å². The highest BCUT2D eigenvalue weighted by Crippen LogP contribution is 2.26. The summed E-state index contributed by atoms with van der Waals surface area (Å²) in [4.78, 5) is 4.47. The van der Waals surface area contributed by atoms with E-state index in [0.717, 1.165) is 34.0 Å². The van der Waals surface area contributed by atoms with Gasteiger partial charge in [-0.15, -0.1) is 11.8 Å². The predicted molar refractivity (Wildman–Crippen MR) is 78.7 cm³/mol. The summed E-state index contributed by atoms with van der Waals surface area (Å²) >= 11 is 6.97. The molecule has 92 valence electrons. The zero-order valence-corrected chi connectivity index (χ0v) is 13.2. The molecule has 17 heavy (non-hydrogen) atoms. The van der Waals surface area contributed by atoms with E-state index in [1.165, 1.54) is 0 Å². The average Bonchev–Trinajstić information content (AvgIpc) is 2.28. The molecule has 0 aliphatic heterocycles. The average molecular weight is 360 g/mol. The van der Waals surface area contributed by atoms with Crippen LogP contribution in [-0.4, -0.2) is 11.5 Å². The maximum absolute atomic E-state index is 4.47. The van der Waals surface area contributed by atoms with Crippen molar-refractivity contribution in [1.82, 2.24) is 10.3 Å². The van der Waals surface area contributed by atoms with Crippen LogP contribution in [0.4, 0.5) is 0 Å². The van der Waals surface area contributed by atoms with Crippen molar-refractivity contribution in [2.24, 2.45) is 0 Å². The van der Waals surface area contributed by atoms with E-state index < -0.39 is 0 Å². The van der Waals surface area contributed by atoms with Crippen molar-refractivity contribution < 1.29 is 0 Å². The fourth-order valence-electron chi connectivity index (χ4n) is 1.60. The van der Waals surface area contributed by atoms with E-state index in [-0.39, 0.29) is 6.04 Å². The van der Waals surface area contributed by atoms with Gasteiger partial charge in [0.2, 0.25) is 0 Å². The van der Waals surface area contributed by atoms with Gasteiger partial charge in [-0.3, -0.25) is 4.98 Å². The van der Waals surface area contributed by atoms with Crippen LogP contribution in [0.15, 0.2) is 21.2 Å². The van der Waals surface area contributed by atoms with Gasteiger partial charge in [-0.2, -0.15) is 0 Å². The van der Waals surface area contributed by atoms with E-state index in [2.05, 4.69) is 60.9 Å². The first-order valence-corrected chi connectivity index (χ1v) is 7.21. The van der Waals surface area contributed by atoms with Crippen molar-refractivity contribution in [2.45, 2.75) is 32.7 Å². The quantitative estimate of drug-likeness (QED) is 0.802. The smallest absolute Gasteiger partial charge is 0.0716 e. The molecule has 0 spiro atoms. The molecule has 4 heteroatoms. The van der Waals surface area contributed by atoms with Crippen molar-refractivity contribution in [3.63, 3.8) is 0 Å². The molecule has 0 aliphatic carbocycles. The minimum absolute atomic E-state index is 0.253. The van der Waals surface area contributed by atoms with Gasteiger partial charge in [0.1, 0.15) is 0 Å². The second-order valence-corrected chi connectivity index (χ2v) is 5.37. The standard InChI is InChI=1S/C13H16Br2N2/c1-3-5-6-7-12(16-4-2)13-11(15)8-10(14)9-17-13/h8-9,12,16H,4,6-7H2,1-2H3. The third kappa shape index (κ3) is 4.79. The zero-order chi connectivity index (χ0) is 12.7. The SMILES string of the molecule is CC#CCCC(NCC)c1ncc(Br)cc1Br. The molecule has 0 saturated heterocycles. The molecule has 1 heterocycles. The lowest BCUT2D eigenvalue weighted by Gasteiger charge is -2.17. The van der Waals surface area contributed by atoms with Crippen LogP contribution in [-0.2, 0) is 0 Å². The summed E-state index contributed by atoms with van der Waals surface area (Å²) in [6.45, 7) is 4.90. The number of aromatic nitrogens is 1. The lowest BCUT2D eigenvalue weighted by molar-refractivity contribution is 0.508. The normalized spacial score (nSPS) is 11.8. The molecule has 2 nitrogen and oxygen atoms in total. The topological polar surface area (TPSA) is 24.9 Å². The predicted octanol–water partition coefficient (Wildman–Crippen LogP) is 4.06. The summed E-state index contributed by atoms with van der Waals surface area (Å²) in [5.74, 6) is 6.02. The molecule has 1 unspecified atom stereocenters. The number of pyridine rings is 1. The Kier molecular flexibility index (Phi) is 6.79. The van der Waals surface area contributed by atoms with E-state index in [9.17, 15) is 0 Å². The highest BCUT2D eigenvalue weighted by Gasteiger charge is 2.14. The second-order valence-electron chi connectivity index (χ2n) is 3.60. The van der Waals surface area contributed by atoms with Gasteiger partial charge in [0, 0.05) is 21.6 Å². The number of nitrogens with one attached hydrogen (secondary N) is 1. The van der Waals surface area contributed by atoms with Crippen LogP contribution < -0.4 is 5.32 Å². The molecule has 0 aliphatic rings. The maximum Gasteiger partial charge on any atom is 0.0716 e. The van der Waals surface area contributed by atoms with Gasteiger partial charge < -0.3 is 5.32 Å². The van der Waals surface area contributed by atoms with Crippen molar-refractivity contribution in [2.75, 3.05) is 6.54 Å². The summed E-state index contributed by atoms with van der Waals surface area (Å²) in [6, 6.07) is 2.28. The van der Waals surface area contributed by atoms with E-state index in [1.807, 2.05) is 19.2 Å². The molecule has 1 aromatic heterocycles. The van der Waals surface area contributed by atoms with Gasteiger partial charge in [0.25, 0.3) is 0 Å². The number of hydrogen-bond donors (Lipinski definition) is 1. The molecule has 1 atom stereocenters. The molecule has 1 N–H and O–H groups in total. The van der Waals surface area contributed by atoms with E-state index in [0.29, 0.717) is 0 Å². The largest absolute Gasteiger partial charge is 0.309 e. The highest BCUT2D eigenvalue weighted by molar-refractivity contribution is 9.11. The molecule has 0 fully saturated rings. The summed E-state index contributed by atoms with van der Waals surface area (Å²) in [6.07, 6.45) is 3.69. The molecule has 1 aromatic rings. The fourth-order valence-corrected chi connectivity index (χ4v) is 2.87. The van der Waals surface area contributed by atoms with Crippen LogP contribution in [0, 0.1) is 11.8 Å². The van der Waals surface area contributed by atoms with Gasteiger partial charge >= 0.3 is 0 Å². The van der Waals surface area contributed by atoms with Crippen LogP contribution in [0.1, 0.15) is 38.4 Å². The highest BCUT2D eigenvalue weighted by atomic mass is 79.9. The van der Waals surface area contributed by atoms with Gasteiger partial charge in [-0.05, 0) is 57.8 Å². The van der Waals surface area contributed by atoms with Crippen LogP contribution >= 0.6 is 31.9 Å². The Bertz CT molecular complexity index is 421. The summed E-state index contributed by atoms with van der Waals surface area (Å²) in [7, 11) is 0. The Hall–Kier alpha value is -0.370. The minimum atomic E-state index is 0.253. The molecule has 0 amide bonds. The monoisotopic (exact) mass is 358 g/mol. The lowest BCUT2D eigenvalue weighted by Crippen LogP contribution is -2.22. The van der Waals surface area contributed by atoms with Crippen LogP contribution in [0.5, 0.6) is 0 Å². The van der Waals surface area contributed by atoms with E-state index >= 15 is 0 Å². The maximum atomic E-state index is 4.47. The Labute approximate surface area is 120 Å². The number of hydrogen-bond acceptors (Lipinski definition) is 2. The van der Waals surface area contributed by atoms with Gasteiger partial charge in [0.15, 0.2) is 0 Å². The van der Waals surface area contributed by atoms with Gasteiger partial charge in [-0.1, -0.05) is 6.92 Å². The van der Waals surface area contributed by atoms with E-state index in [4.69, 9.17) is 0 Å². The molecule has 0 bridgehead atoms. The Morgan fingerprint density at radius 3 is 2.82 bits per heavy atom. The first-order chi connectivity index (χ1) is 8.19. The van der Waals surface area contributed by atoms with Gasteiger partial charge in [0.05, 0.1) is 11.7 Å². The molecular formula is C13H16Br2N2.